The number of aliphatic hydroxyl groups is 2. The lowest BCUT2D eigenvalue weighted by Crippen LogP contribution is -2.63. The Hall–Kier alpha value is -2.19. The lowest BCUT2D eigenvalue weighted by molar-refractivity contribution is -0.163. The maximum Gasteiger partial charge on any atom is 0.353 e. The van der Waals surface area contributed by atoms with Crippen molar-refractivity contribution in [1.29, 1.82) is 0 Å². The number of β-lactam (4-membered cyclic amide) rings is 1. The fourth-order valence-corrected chi connectivity index (χ4v) is 7.33. The van der Waals surface area contributed by atoms with Gasteiger partial charge in [0.15, 0.2) is 0 Å². The number of carboxylic acids is 1. The predicted octanol–water partition coefficient (Wildman–Crippen LogP) is -1.63. The second-order valence-electron chi connectivity index (χ2n) is 10.3. The number of carboxylic acid groups (broad SMARTS) is 1. The third kappa shape index (κ3) is 5.24. The molecule has 4 rings (SSSR count). The van der Waals surface area contributed by atoms with Gasteiger partial charge in [0.2, 0.25) is 11.8 Å². The minimum Gasteiger partial charge on any atom is -0.477 e. The number of nitrogens with two attached hydrogens (primary N) is 1. The molecule has 0 aromatic rings. The molecule has 12 nitrogen and oxygen atoms in total. The molecule has 0 aromatic heterocycles. The SMILES string of the molecule is C[C@H]1C(SC2CN[C@H](C(=O)N3CCN(C(=O)[C@@H](O)CCCN)CC3)C2)=C(C(=O)O)N2C(=O)[C@H]([C@@H](C)O)C12. The third-order valence-corrected chi connectivity index (χ3v) is 9.37. The molecule has 3 amide bonds. The number of aliphatic carboxylic acids is 1. The highest BCUT2D eigenvalue weighted by Gasteiger charge is 2.60. The highest BCUT2D eigenvalue weighted by Crippen LogP contribution is 2.51. The van der Waals surface area contributed by atoms with E-state index in [4.69, 9.17) is 5.73 Å². The van der Waals surface area contributed by atoms with Gasteiger partial charge in [-0.1, -0.05) is 6.92 Å². The average molecular weight is 540 g/mol. The normalized spacial score (nSPS) is 31.3. The molecule has 0 spiro atoms. The molecule has 3 fully saturated rings. The number of fused-ring (bicyclic) bond motifs is 1. The number of aliphatic hydroxyl groups excluding tert-OH is 2. The van der Waals surface area contributed by atoms with Gasteiger partial charge in [0, 0.05) is 48.8 Å². The monoisotopic (exact) mass is 539 g/mol. The van der Waals surface area contributed by atoms with E-state index in [0.717, 1.165) is 0 Å². The Bertz CT molecular complexity index is 967. The fraction of sp³-hybridized carbons (Fsp3) is 0.750. The molecule has 4 aliphatic rings. The summed E-state index contributed by atoms with van der Waals surface area (Å²) in [6.45, 7) is 5.85. The summed E-state index contributed by atoms with van der Waals surface area (Å²) in [6.07, 6.45) is -0.513. The van der Waals surface area contributed by atoms with Crippen LogP contribution < -0.4 is 11.1 Å². The first kappa shape index (κ1) is 27.8. The first-order chi connectivity index (χ1) is 17.6. The summed E-state index contributed by atoms with van der Waals surface area (Å²) in [5.74, 6) is -2.72. The van der Waals surface area contributed by atoms with Crippen molar-refractivity contribution in [2.45, 2.75) is 62.7 Å². The molecular formula is C24H37N5O7S. The molecule has 4 aliphatic heterocycles. The highest BCUT2D eigenvalue weighted by molar-refractivity contribution is 8.03. The molecule has 0 aliphatic carbocycles. The van der Waals surface area contributed by atoms with Gasteiger partial charge in [-0.15, -0.1) is 11.8 Å². The van der Waals surface area contributed by atoms with Crippen molar-refractivity contribution in [2.75, 3.05) is 39.3 Å². The number of carbonyl (C=O) groups is 4. The maximum atomic E-state index is 13.1. The second kappa shape index (κ2) is 11.3. The van der Waals surface area contributed by atoms with Gasteiger partial charge in [0.25, 0.3) is 5.91 Å². The van der Waals surface area contributed by atoms with E-state index in [0.29, 0.717) is 63.4 Å². The molecule has 3 saturated heterocycles. The van der Waals surface area contributed by atoms with E-state index in [9.17, 15) is 34.5 Å². The van der Waals surface area contributed by atoms with Crippen LogP contribution in [0.4, 0.5) is 0 Å². The van der Waals surface area contributed by atoms with Gasteiger partial charge in [-0.05, 0) is 32.7 Å². The Kier molecular flexibility index (Phi) is 8.48. The van der Waals surface area contributed by atoms with Crippen LogP contribution in [-0.2, 0) is 19.2 Å². The van der Waals surface area contributed by atoms with Gasteiger partial charge in [-0.25, -0.2) is 4.79 Å². The smallest absolute Gasteiger partial charge is 0.353 e. The number of piperazine rings is 1. The molecule has 7 atom stereocenters. The van der Waals surface area contributed by atoms with Crippen LogP contribution in [0.25, 0.3) is 0 Å². The van der Waals surface area contributed by atoms with Gasteiger partial charge < -0.3 is 41.1 Å². The van der Waals surface area contributed by atoms with Crippen molar-refractivity contribution < 1.29 is 34.5 Å². The summed E-state index contributed by atoms with van der Waals surface area (Å²) in [5.41, 5.74) is 5.44. The van der Waals surface area contributed by atoms with E-state index in [1.165, 1.54) is 16.7 Å². The zero-order chi connectivity index (χ0) is 27.0. The summed E-state index contributed by atoms with van der Waals surface area (Å²) >= 11 is 1.40. The molecular weight excluding hydrogens is 502 g/mol. The summed E-state index contributed by atoms with van der Waals surface area (Å²) < 4.78 is 0. The van der Waals surface area contributed by atoms with Crippen molar-refractivity contribution in [3.63, 3.8) is 0 Å². The molecule has 0 aromatic carbocycles. The van der Waals surface area contributed by atoms with Crippen LogP contribution in [-0.4, -0.2) is 123 Å². The number of hydrogen-bond donors (Lipinski definition) is 5. The topological polar surface area (TPSA) is 177 Å². The zero-order valence-corrected chi connectivity index (χ0v) is 22.0. The number of carbonyl (C=O) groups excluding carboxylic acids is 3. The van der Waals surface area contributed by atoms with Crippen LogP contribution in [0.1, 0.15) is 33.1 Å². The minimum absolute atomic E-state index is 0.00591. The molecule has 0 bridgehead atoms. The molecule has 206 valence electrons. The number of nitrogens with zero attached hydrogens (tertiary/aromatic N) is 3. The molecule has 4 heterocycles. The largest absolute Gasteiger partial charge is 0.477 e. The Balaban J connectivity index is 1.32. The Morgan fingerprint density at radius 1 is 1.16 bits per heavy atom. The summed E-state index contributed by atoms with van der Waals surface area (Å²) in [5, 5.41) is 33.1. The molecule has 0 radical (unpaired) electrons. The predicted molar refractivity (Wildman–Crippen MR) is 135 cm³/mol. The third-order valence-electron chi connectivity index (χ3n) is 7.86. The van der Waals surface area contributed by atoms with Crippen LogP contribution in [0.5, 0.6) is 0 Å². The van der Waals surface area contributed by atoms with Crippen molar-refractivity contribution >= 4 is 35.5 Å². The van der Waals surface area contributed by atoms with Crippen molar-refractivity contribution in [3.05, 3.63) is 10.6 Å². The number of thioether (sulfide) groups is 1. The van der Waals surface area contributed by atoms with Gasteiger partial charge in [-0.2, -0.15) is 0 Å². The average Bonchev–Trinajstić information content (AvgIpc) is 3.43. The fourth-order valence-electron chi connectivity index (χ4n) is 5.85. The van der Waals surface area contributed by atoms with E-state index in [1.54, 1.807) is 16.7 Å². The minimum atomic E-state index is -1.16. The lowest BCUT2D eigenvalue weighted by atomic mass is 9.79. The first-order valence-electron chi connectivity index (χ1n) is 12.9. The Morgan fingerprint density at radius 3 is 2.41 bits per heavy atom. The quantitative estimate of drug-likeness (QED) is 0.214. The molecule has 6 N–H and O–H groups in total. The number of amides is 3. The number of nitrogens with one attached hydrogen (secondary N) is 1. The molecule has 37 heavy (non-hydrogen) atoms. The van der Waals surface area contributed by atoms with Gasteiger partial charge in [0.05, 0.1) is 24.1 Å². The van der Waals surface area contributed by atoms with Crippen LogP contribution in [0.3, 0.4) is 0 Å². The van der Waals surface area contributed by atoms with Crippen molar-refractivity contribution in [1.82, 2.24) is 20.0 Å². The zero-order valence-electron chi connectivity index (χ0n) is 21.2. The Labute approximate surface area is 220 Å². The van der Waals surface area contributed by atoms with Crippen molar-refractivity contribution in [2.24, 2.45) is 17.6 Å². The van der Waals surface area contributed by atoms with Crippen LogP contribution in [0.2, 0.25) is 0 Å². The van der Waals surface area contributed by atoms with E-state index < -0.39 is 30.1 Å². The van der Waals surface area contributed by atoms with E-state index in [1.807, 2.05) is 6.92 Å². The van der Waals surface area contributed by atoms with Gasteiger partial charge in [-0.3, -0.25) is 14.4 Å². The van der Waals surface area contributed by atoms with Gasteiger partial charge in [0.1, 0.15) is 11.8 Å². The van der Waals surface area contributed by atoms with Gasteiger partial charge >= 0.3 is 5.97 Å². The number of hydrogen-bond acceptors (Lipinski definition) is 9. The molecule has 13 heteroatoms. The summed E-state index contributed by atoms with van der Waals surface area (Å²) in [4.78, 5) is 55.4. The van der Waals surface area contributed by atoms with Crippen LogP contribution in [0, 0.1) is 11.8 Å². The summed E-state index contributed by atoms with van der Waals surface area (Å²) in [7, 11) is 0. The second-order valence-corrected chi connectivity index (χ2v) is 11.6. The van der Waals surface area contributed by atoms with Crippen LogP contribution in [0.15, 0.2) is 10.6 Å². The van der Waals surface area contributed by atoms with E-state index in [2.05, 4.69) is 5.32 Å². The standard InChI is InChI=1S/C24H37N5O7S/c1-12-18-17(13(2)30)23(34)29(18)19(24(35)36)20(12)37-14-10-15(26-11-14)21(32)27-6-8-28(9-7-27)22(33)16(31)4-3-5-25/h12-18,26,30-31H,3-11,25H2,1-2H3,(H,35,36)/t12-,13-,14?,15+,16+,17-,18?/m1/s1. The van der Waals surface area contributed by atoms with E-state index >= 15 is 0 Å². The highest BCUT2D eigenvalue weighted by atomic mass is 32.2. The van der Waals surface area contributed by atoms with E-state index in [-0.39, 0.29) is 40.6 Å². The summed E-state index contributed by atoms with van der Waals surface area (Å²) in [6, 6.07) is -0.773. The van der Waals surface area contributed by atoms with Crippen LogP contribution >= 0.6 is 11.8 Å². The first-order valence-corrected chi connectivity index (χ1v) is 13.8. The van der Waals surface area contributed by atoms with Crippen molar-refractivity contribution in [3.8, 4) is 0 Å². The number of rotatable bonds is 9. The lowest BCUT2D eigenvalue weighted by Gasteiger charge is -2.46. The maximum absolute atomic E-state index is 13.1. The Morgan fingerprint density at radius 2 is 1.81 bits per heavy atom. The molecule has 0 saturated carbocycles. The molecule has 2 unspecified atom stereocenters.